The highest BCUT2D eigenvalue weighted by atomic mass is 32.1. The van der Waals surface area contributed by atoms with Crippen molar-refractivity contribution in [2.45, 2.75) is 13.5 Å². The maximum atomic E-state index is 11.8. The standard InChI is InChI=1S/C15H16N2O2S/c1-11-10-20-15(18)17(11)9-13-8-14(19-2)6-5-12(13)4-3-7-16/h5-6,8,10H,7,9,16H2,1-2H3. The zero-order chi connectivity index (χ0) is 14.5. The summed E-state index contributed by atoms with van der Waals surface area (Å²) in [6, 6.07) is 5.65. The van der Waals surface area contributed by atoms with Gasteiger partial charge in [0.05, 0.1) is 20.2 Å². The van der Waals surface area contributed by atoms with E-state index in [1.165, 1.54) is 11.3 Å². The van der Waals surface area contributed by atoms with Crippen molar-refractivity contribution in [2.75, 3.05) is 13.7 Å². The van der Waals surface area contributed by atoms with E-state index in [1.807, 2.05) is 30.5 Å². The lowest BCUT2D eigenvalue weighted by Crippen LogP contribution is -2.16. The van der Waals surface area contributed by atoms with Crippen LogP contribution in [-0.4, -0.2) is 18.2 Å². The Kier molecular flexibility index (Phi) is 4.61. The van der Waals surface area contributed by atoms with Crippen molar-refractivity contribution in [3.8, 4) is 17.6 Å². The normalized spacial score (nSPS) is 9.95. The number of aryl methyl sites for hydroxylation is 1. The summed E-state index contributed by atoms with van der Waals surface area (Å²) >= 11 is 1.20. The minimum atomic E-state index is 0.0306. The van der Waals surface area contributed by atoms with E-state index in [2.05, 4.69) is 11.8 Å². The molecule has 20 heavy (non-hydrogen) atoms. The van der Waals surface area contributed by atoms with Gasteiger partial charge in [-0.25, -0.2) is 0 Å². The third-order valence-electron chi connectivity index (χ3n) is 2.94. The lowest BCUT2D eigenvalue weighted by Gasteiger charge is -2.09. The average molecular weight is 288 g/mol. The molecule has 0 fully saturated rings. The van der Waals surface area contributed by atoms with Crippen LogP contribution in [-0.2, 0) is 6.54 Å². The second-order valence-electron chi connectivity index (χ2n) is 4.26. The Balaban J connectivity index is 2.45. The van der Waals surface area contributed by atoms with Crippen molar-refractivity contribution in [3.05, 3.63) is 50.1 Å². The molecule has 0 spiro atoms. The first-order valence-corrected chi connectivity index (χ1v) is 7.04. The first kappa shape index (κ1) is 14.4. The molecule has 1 heterocycles. The Hall–Kier alpha value is -2.03. The van der Waals surface area contributed by atoms with Crippen LogP contribution >= 0.6 is 11.3 Å². The van der Waals surface area contributed by atoms with Gasteiger partial charge >= 0.3 is 4.87 Å². The summed E-state index contributed by atoms with van der Waals surface area (Å²) in [5.41, 5.74) is 8.18. The molecule has 0 unspecified atom stereocenters. The van der Waals surface area contributed by atoms with E-state index in [1.54, 1.807) is 11.7 Å². The maximum absolute atomic E-state index is 11.8. The van der Waals surface area contributed by atoms with E-state index in [0.29, 0.717) is 13.1 Å². The van der Waals surface area contributed by atoms with Gasteiger partial charge in [-0.2, -0.15) is 0 Å². The van der Waals surface area contributed by atoms with Gasteiger partial charge in [0.15, 0.2) is 0 Å². The fourth-order valence-electron chi connectivity index (χ4n) is 1.86. The lowest BCUT2D eigenvalue weighted by molar-refractivity contribution is 0.414. The van der Waals surface area contributed by atoms with Crippen LogP contribution in [0.4, 0.5) is 0 Å². The molecule has 1 aromatic heterocycles. The molecule has 0 aliphatic rings. The number of rotatable bonds is 3. The summed E-state index contributed by atoms with van der Waals surface area (Å²) in [6.07, 6.45) is 0. The predicted molar refractivity (Wildman–Crippen MR) is 81.3 cm³/mol. The summed E-state index contributed by atoms with van der Waals surface area (Å²) < 4.78 is 6.97. The number of hydrogen-bond donors (Lipinski definition) is 1. The van der Waals surface area contributed by atoms with Gasteiger partial charge in [-0.05, 0) is 30.7 Å². The van der Waals surface area contributed by atoms with Crippen LogP contribution in [0.15, 0.2) is 28.4 Å². The summed E-state index contributed by atoms with van der Waals surface area (Å²) in [7, 11) is 1.62. The fourth-order valence-corrected chi connectivity index (χ4v) is 2.60. The first-order valence-electron chi connectivity index (χ1n) is 6.16. The van der Waals surface area contributed by atoms with Crippen LogP contribution in [0.25, 0.3) is 0 Å². The van der Waals surface area contributed by atoms with Crippen LogP contribution < -0.4 is 15.3 Å². The highest BCUT2D eigenvalue weighted by molar-refractivity contribution is 7.07. The molecule has 2 rings (SSSR count). The van der Waals surface area contributed by atoms with Gasteiger partial charge in [-0.15, -0.1) is 0 Å². The number of ether oxygens (including phenoxy) is 1. The molecule has 0 radical (unpaired) electrons. The van der Waals surface area contributed by atoms with Gasteiger partial charge < -0.3 is 10.5 Å². The molecule has 1 aromatic carbocycles. The van der Waals surface area contributed by atoms with Crippen molar-refractivity contribution in [2.24, 2.45) is 5.73 Å². The first-order chi connectivity index (χ1) is 9.65. The number of methoxy groups -OCH3 is 1. The van der Waals surface area contributed by atoms with E-state index in [9.17, 15) is 4.79 Å². The molecule has 0 bridgehead atoms. The number of nitrogens with two attached hydrogens (primary N) is 1. The molecule has 0 atom stereocenters. The number of hydrogen-bond acceptors (Lipinski definition) is 4. The van der Waals surface area contributed by atoms with Crippen LogP contribution in [0, 0.1) is 18.8 Å². The number of thiazole rings is 1. The molecular weight excluding hydrogens is 272 g/mol. The smallest absolute Gasteiger partial charge is 0.307 e. The van der Waals surface area contributed by atoms with Gasteiger partial charge in [0.25, 0.3) is 0 Å². The summed E-state index contributed by atoms with van der Waals surface area (Å²) in [4.78, 5) is 11.8. The second kappa shape index (κ2) is 6.42. The van der Waals surface area contributed by atoms with E-state index < -0.39 is 0 Å². The lowest BCUT2D eigenvalue weighted by atomic mass is 10.1. The van der Waals surface area contributed by atoms with Crippen molar-refractivity contribution < 1.29 is 4.74 Å². The van der Waals surface area contributed by atoms with Gasteiger partial charge in [0.1, 0.15) is 5.75 Å². The molecule has 5 heteroatoms. The average Bonchev–Trinajstić information content (AvgIpc) is 2.77. The quantitative estimate of drug-likeness (QED) is 0.873. The summed E-state index contributed by atoms with van der Waals surface area (Å²) in [5, 5.41) is 1.85. The molecule has 2 aromatic rings. The van der Waals surface area contributed by atoms with Crippen molar-refractivity contribution in [3.63, 3.8) is 0 Å². The number of benzene rings is 1. The Morgan fingerprint density at radius 3 is 2.85 bits per heavy atom. The van der Waals surface area contributed by atoms with Crippen LogP contribution in [0.5, 0.6) is 5.75 Å². The number of aromatic nitrogens is 1. The maximum Gasteiger partial charge on any atom is 0.307 e. The third-order valence-corrected chi connectivity index (χ3v) is 3.82. The molecule has 104 valence electrons. The zero-order valence-electron chi connectivity index (χ0n) is 11.5. The van der Waals surface area contributed by atoms with Gasteiger partial charge in [-0.3, -0.25) is 9.36 Å². The van der Waals surface area contributed by atoms with Crippen molar-refractivity contribution in [1.29, 1.82) is 0 Å². The highest BCUT2D eigenvalue weighted by Crippen LogP contribution is 2.18. The van der Waals surface area contributed by atoms with Crippen LogP contribution in [0.3, 0.4) is 0 Å². The van der Waals surface area contributed by atoms with Crippen molar-refractivity contribution >= 4 is 11.3 Å². The number of nitrogens with zero attached hydrogens (tertiary/aromatic N) is 1. The van der Waals surface area contributed by atoms with E-state index in [0.717, 1.165) is 22.6 Å². The zero-order valence-corrected chi connectivity index (χ0v) is 12.3. The third kappa shape index (κ3) is 3.10. The largest absolute Gasteiger partial charge is 0.497 e. The predicted octanol–water partition coefficient (Wildman–Crippen LogP) is 1.59. The summed E-state index contributed by atoms with van der Waals surface area (Å²) in [6.45, 7) is 2.71. The molecule has 0 saturated carbocycles. The van der Waals surface area contributed by atoms with E-state index in [-0.39, 0.29) is 4.87 Å². The SMILES string of the molecule is COc1ccc(C#CCN)c(Cn2c(C)csc2=O)c1. The van der Waals surface area contributed by atoms with Gasteiger partial charge in [-0.1, -0.05) is 23.2 Å². The Morgan fingerprint density at radius 2 is 2.25 bits per heavy atom. The second-order valence-corrected chi connectivity index (χ2v) is 5.08. The molecule has 0 saturated heterocycles. The monoisotopic (exact) mass is 288 g/mol. The Morgan fingerprint density at radius 1 is 1.45 bits per heavy atom. The summed E-state index contributed by atoms with van der Waals surface area (Å²) in [5.74, 6) is 6.63. The fraction of sp³-hybridized carbons (Fsp3) is 0.267. The van der Waals surface area contributed by atoms with Gasteiger partial charge in [0, 0.05) is 16.6 Å². The molecule has 4 nitrogen and oxygen atoms in total. The highest BCUT2D eigenvalue weighted by Gasteiger charge is 2.08. The molecule has 0 amide bonds. The Bertz CT molecular complexity index is 719. The van der Waals surface area contributed by atoms with Crippen LogP contribution in [0.2, 0.25) is 0 Å². The minimum Gasteiger partial charge on any atom is -0.497 e. The van der Waals surface area contributed by atoms with Gasteiger partial charge in [0.2, 0.25) is 0 Å². The minimum absolute atomic E-state index is 0.0306. The molecular formula is C15H16N2O2S. The molecule has 0 aliphatic heterocycles. The molecule has 2 N–H and O–H groups in total. The van der Waals surface area contributed by atoms with Crippen molar-refractivity contribution in [1.82, 2.24) is 4.57 Å². The topological polar surface area (TPSA) is 57.2 Å². The van der Waals surface area contributed by atoms with Crippen LogP contribution in [0.1, 0.15) is 16.8 Å². The molecule has 0 aliphatic carbocycles. The van der Waals surface area contributed by atoms with E-state index in [4.69, 9.17) is 10.5 Å². The Labute approximate surface area is 121 Å². The van der Waals surface area contributed by atoms with E-state index >= 15 is 0 Å².